The number of benzene rings is 1. The van der Waals surface area contributed by atoms with Crippen molar-refractivity contribution in [2.24, 2.45) is 29.1 Å². The van der Waals surface area contributed by atoms with E-state index in [4.69, 9.17) is 23.7 Å². The molecule has 9 nitrogen and oxygen atoms in total. The summed E-state index contributed by atoms with van der Waals surface area (Å²) in [7, 11) is 1.57. The molecule has 5 rings (SSSR count). The molecule has 0 spiro atoms. The van der Waals surface area contributed by atoms with Gasteiger partial charge in [0, 0.05) is 32.8 Å². The van der Waals surface area contributed by atoms with E-state index in [2.05, 4.69) is 0 Å². The Bertz CT molecular complexity index is 1290. The molecule has 0 amide bonds. The van der Waals surface area contributed by atoms with E-state index in [-0.39, 0.29) is 23.5 Å². The molecule has 222 valence electrons. The molecule has 2 saturated carbocycles. The van der Waals surface area contributed by atoms with E-state index in [0.29, 0.717) is 17.6 Å². The van der Waals surface area contributed by atoms with E-state index in [0.717, 1.165) is 0 Å². The molecule has 10 atom stereocenters. The smallest absolute Gasteiger partial charge is 0.338 e. The summed E-state index contributed by atoms with van der Waals surface area (Å²) in [5.74, 6) is -3.00. The number of ketones is 1. The quantitative estimate of drug-likeness (QED) is 0.224. The molecule has 3 fully saturated rings. The molecule has 9 heteroatoms. The number of carbonyl (C=O) groups is 4. The number of fused-ring (bicyclic) bond motifs is 1. The van der Waals surface area contributed by atoms with E-state index in [1.165, 1.54) is 13.8 Å². The van der Waals surface area contributed by atoms with Crippen molar-refractivity contribution in [1.29, 1.82) is 0 Å². The summed E-state index contributed by atoms with van der Waals surface area (Å²) in [6.45, 7) is 12.3. The Hall–Kier alpha value is -3.04. The van der Waals surface area contributed by atoms with Gasteiger partial charge < -0.3 is 23.7 Å². The molecular weight excluding hydrogens is 528 g/mol. The van der Waals surface area contributed by atoms with Crippen LogP contribution in [0.3, 0.4) is 0 Å². The second-order valence-electron chi connectivity index (χ2n) is 12.8. The Morgan fingerprint density at radius 3 is 2.12 bits per heavy atom. The molecule has 41 heavy (non-hydrogen) atoms. The molecule has 1 aliphatic heterocycles. The van der Waals surface area contributed by atoms with Crippen LogP contribution in [0, 0.1) is 29.1 Å². The van der Waals surface area contributed by atoms with Crippen molar-refractivity contribution in [3.63, 3.8) is 0 Å². The van der Waals surface area contributed by atoms with Gasteiger partial charge in [0.15, 0.2) is 17.0 Å². The van der Waals surface area contributed by atoms with Crippen LogP contribution in [0.15, 0.2) is 42.0 Å². The fourth-order valence-electron chi connectivity index (χ4n) is 7.91. The number of rotatable bonds is 5. The molecule has 3 aliphatic carbocycles. The maximum Gasteiger partial charge on any atom is 0.338 e. The van der Waals surface area contributed by atoms with Gasteiger partial charge in [-0.05, 0) is 48.5 Å². The van der Waals surface area contributed by atoms with Crippen molar-refractivity contribution in [3.8, 4) is 0 Å². The predicted molar refractivity (Wildman–Crippen MR) is 147 cm³/mol. The summed E-state index contributed by atoms with van der Waals surface area (Å²) in [6.07, 6.45) is -0.802. The topological polar surface area (TPSA) is 118 Å². The summed E-state index contributed by atoms with van der Waals surface area (Å²) >= 11 is 0. The van der Waals surface area contributed by atoms with Gasteiger partial charge in [0.05, 0.1) is 11.5 Å². The first-order chi connectivity index (χ1) is 19.2. The molecule has 0 N–H and O–H groups in total. The van der Waals surface area contributed by atoms with Crippen molar-refractivity contribution >= 4 is 23.7 Å². The first-order valence-electron chi connectivity index (χ1n) is 14.3. The summed E-state index contributed by atoms with van der Waals surface area (Å²) in [5, 5.41) is 0. The Kier molecular flexibility index (Phi) is 7.22. The van der Waals surface area contributed by atoms with Gasteiger partial charge in [0.1, 0.15) is 24.4 Å². The van der Waals surface area contributed by atoms with Crippen LogP contribution < -0.4 is 0 Å². The second kappa shape index (κ2) is 10.1. The molecule has 0 radical (unpaired) electrons. The van der Waals surface area contributed by atoms with Gasteiger partial charge >= 0.3 is 17.9 Å². The third-order valence-electron chi connectivity index (χ3n) is 9.79. The highest BCUT2D eigenvalue weighted by atomic mass is 16.7. The lowest BCUT2D eigenvalue weighted by atomic mass is 9.80. The molecular formula is C32H40O9. The molecule has 0 aromatic heterocycles. The third-order valence-corrected chi connectivity index (χ3v) is 9.79. The number of hydrogen-bond donors (Lipinski definition) is 0. The lowest BCUT2D eigenvalue weighted by molar-refractivity contribution is -0.154. The SMILES string of the molecule is COC1C(OC(=O)c2ccccc2)C(C)=CC23OC2(CC(C)C3OC(C)=O)C(=O)C(C)C(OC(C)=O)C2C1C2(C)C. The Balaban J connectivity index is 1.67. The van der Waals surface area contributed by atoms with Gasteiger partial charge in [-0.15, -0.1) is 0 Å². The minimum absolute atomic E-state index is 0.184. The first kappa shape index (κ1) is 29.5. The van der Waals surface area contributed by atoms with Gasteiger partial charge in [0.25, 0.3) is 0 Å². The number of methoxy groups -OCH3 is 1. The van der Waals surface area contributed by atoms with Gasteiger partial charge in [0.2, 0.25) is 0 Å². The Morgan fingerprint density at radius 1 is 0.927 bits per heavy atom. The number of esters is 3. The van der Waals surface area contributed by atoms with Crippen LogP contribution in [0.5, 0.6) is 0 Å². The van der Waals surface area contributed by atoms with E-state index < -0.39 is 64.9 Å². The fourth-order valence-corrected chi connectivity index (χ4v) is 7.91. The van der Waals surface area contributed by atoms with Gasteiger partial charge in [-0.3, -0.25) is 14.4 Å². The van der Waals surface area contributed by atoms with Crippen LogP contribution in [0.4, 0.5) is 0 Å². The normalized spacial score (nSPS) is 40.5. The molecule has 1 saturated heterocycles. The van der Waals surface area contributed by atoms with Gasteiger partial charge in [-0.25, -0.2) is 4.79 Å². The van der Waals surface area contributed by atoms with Crippen LogP contribution in [0.2, 0.25) is 0 Å². The predicted octanol–water partition coefficient (Wildman–Crippen LogP) is 4.08. The minimum atomic E-state index is -1.26. The maximum absolute atomic E-state index is 14.4. The molecule has 10 unspecified atom stereocenters. The fraction of sp³-hybridized carbons (Fsp3) is 0.625. The van der Waals surface area contributed by atoms with Crippen LogP contribution >= 0.6 is 0 Å². The number of carbonyl (C=O) groups excluding carboxylic acids is 4. The second-order valence-corrected chi connectivity index (χ2v) is 12.8. The zero-order valence-electron chi connectivity index (χ0n) is 25.0. The largest absolute Gasteiger partial charge is 0.461 e. The highest BCUT2D eigenvalue weighted by Crippen LogP contribution is 2.68. The summed E-state index contributed by atoms with van der Waals surface area (Å²) in [5.41, 5.74) is -1.88. The third kappa shape index (κ3) is 4.52. The monoisotopic (exact) mass is 568 g/mol. The molecule has 1 aromatic carbocycles. The van der Waals surface area contributed by atoms with Gasteiger partial charge in [-0.2, -0.15) is 0 Å². The lowest BCUT2D eigenvalue weighted by Crippen LogP contribution is -2.43. The first-order valence-corrected chi connectivity index (χ1v) is 14.3. The zero-order valence-corrected chi connectivity index (χ0v) is 25.0. The average molecular weight is 569 g/mol. The van der Waals surface area contributed by atoms with Crippen molar-refractivity contribution in [2.45, 2.75) is 90.5 Å². The Labute approximate surface area is 240 Å². The summed E-state index contributed by atoms with van der Waals surface area (Å²) in [6, 6.07) is 8.70. The summed E-state index contributed by atoms with van der Waals surface area (Å²) in [4.78, 5) is 52.2. The Morgan fingerprint density at radius 2 is 1.54 bits per heavy atom. The number of epoxide rings is 1. The van der Waals surface area contributed by atoms with E-state index in [9.17, 15) is 19.2 Å². The van der Waals surface area contributed by atoms with Crippen molar-refractivity contribution < 1.29 is 42.9 Å². The highest BCUT2D eigenvalue weighted by Gasteiger charge is 2.84. The van der Waals surface area contributed by atoms with Gasteiger partial charge in [-0.1, -0.05) is 45.9 Å². The highest BCUT2D eigenvalue weighted by molar-refractivity contribution is 5.96. The van der Waals surface area contributed by atoms with Crippen molar-refractivity contribution in [2.75, 3.05) is 7.11 Å². The number of hydrogen-bond acceptors (Lipinski definition) is 9. The summed E-state index contributed by atoms with van der Waals surface area (Å²) < 4.78 is 30.3. The van der Waals surface area contributed by atoms with Crippen LogP contribution in [-0.4, -0.2) is 66.4 Å². The minimum Gasteiger partial charge on any atom is -0.461 e. The molecule has 0 bridgehead atoms. The molecule has 1 heterocycles. The van der Waals surface area contributed by atoms with E-state index in [1.807, 2.05) is 33.8 Å². The lowest BCUT2D eigenvalue weighted by Gasteiger charge is -2.30. The maximum atomic E-state index is 14.4. The standard InChI is InChI=1S/C32H40O9/c1-16-14-32-28(39-20(5)34)17(2)15-31(32,41-32)27(35)18(3)25(38-19(4)33)22-23(30(22,6)7)26(37-8)24(16)40-29(36)21-12-10-9-11-13-21/h9-14,17-18,22-26,28H,15H2,1-8H3. The van der Waals surface area contributed by atoms with Crippen molar-refractivity contribution in [3.05, 3.63) is 47.5 Å². The van der Waals surface area contributed by atoms with Crippen LogP contribution in [0.25, 0.3) is 0 Å². The van der Waals surface area contributed by atoms with Crippen LogP contribution in [0.1, 0.15) is 65.2 Å². The number of ether oxygens (including phenoxy) is 5. The number of Topliss-reactive ketones (excluding diaryl/α,β-unsaturated/α-hetero) is 1. The van der Waals surface area contributed by atoms with Crippen LogP contribution in [-0.2, 0) is 38.1 Å². The average Bonchev–Trinajstić information content (AvgIpc) is 3.70. The molecule has 1 aromatic rings. The van der Waals surface area contributed by atoms with E-state index in [1.54, 1.807) is 44.4 Å². The van der Waals surface area contributed by atoms with Crippen molar-refractivity contribution in [1.82, 2.24) is 0 Å². The molecule has 4 aliphatic rings. The van der Waals surface area contributed by atoms with E-state index >= 15 is 0 Å². The zero-order chi connectivity index (χ0) is 30.1.